The Labute approximate surface area is 188 Å². The van der Waals surface area contributed by atoms with Crippen LogP contribution in [-0.2, 0) is 14.3 Å². The number of amides is 2. The Morgan fingerprint density at radius 1 is 0.969 bits per heavy atom. The van der Waals surface area contributed by atoms with E-state index in [0.717, 1.165) is 12.0 Å². The van der Waals surface area contributed by atoms with Gasteiger partial charge in [0.1, 0.15) is 6.04 Å². The molecule has 7 heteroatoms. The topological polar surface area (TPSA) is 102 Å². The second-order valence-electron chi connectivity index (χ2n) is 7.92. The summed E-state index contributed by atoms with van der Waals surface area (Å²) in [5.74, 6) is -1.73. The van der Waals surface area contributed by atoms with E-state index in [-0.39, 0.29) is 23.5 Å². The van der Waals surface area contributed by atoms with Gasteiger partial charge in [-0.15, -0.1) is 0 Å². The quantitative estimate of drug-likeness (QED) is 0.433. The van der Waals surface area contributed by atoms with Crippen molar-refractivity contribution in [2.24, 2.45) is 5.92 Å². The van der Waals surface area contributed by atoms with E-state index in [4.69, 9.17) is 4.74 Å². The predicted octanol–water partition coefficient (Wildman–Crippen LogP) is 3.91. The molecule has 2 amide bonds. The number of rotatable bonds is 10. The molecule has 2 aromatic rings. The molecule has 0 saturated heterocycles. The molecule has 0 aliphatic heterocycles. The Balaban J connectivity index is 1.95. The number of esters is 1. The van der Waals surface area contributed by atoms with Gasteiger partial charge in [0.2, 0.25) is 5.91 Å². The van der Waals surface area contributed by atoms with Crippen molar-refractivity contribution >= 4 is 29.3 Å². The van der Waals surface area contributed by atoms with Crippen LogP contribution in [0, 0.1) is 12.8 Å². The number of Topliss-reactive ketones (excluding diaryl/α,β-unsaturated/α-hetero) is 1. The van der Waals surface area contributed by atoms with E-state index < -0.39 is 18.6 Å². The van der Waals surface area contributed by atoms with Crippen molar-refractivity contribution in [3.63, 3.8) is 0 Å². The molecule has 2 N–H and O–H groups in total. The van der Waals surface area contributed by atoms with E-state index in [0.29, 0.717) is 23.2 Å². The van der Waals surface area contributed by atoms with Gasteiger partial charge in [-0.05, 0) is 55.2 Å². The number of ketones is 1. The first kappa shape index (κ1) is 24.8. The molecule has 2 rings (SSSR count). The summed E-state index contributed by atoms with van der Waals surface area (Å²) in [5.41, 5.74) is 2.23. The first-order chi connectivity index (χ1) is 15.2. The van der Waals surface area contributed by atoms with Crippen molar-refractivity contribution in [1.29, 1.82) is 0 Å². The zero-order valence-electron chi connectivity index (χ0n) is 18.9. The largest absolute Gasteiger partial charge is 0.456 e. The number of hydrogen-bond acceptors (Lipinski definition) is 5. The summed E-state index contributed by atoms with van der Waals surface area (Å²) in [5, 5.41) is 5.45. The van der Waals surface area contributed by atoms with Crippen LogP contribution in [0.25, 0.3) is 0 Å². The van der Waals surface area contributed by atoms with E-state index in [1.54, 1.807) is 50.2 Å². The fraction of sp³-hybridized carbons (Fsp3) is 0.360. The first-order valence-electron chi connectivity index (χ1n) is 10.7. The van der Waals surface area contributed by atoms with Crippen LogP contribution in [0.15, 0.2) is 48.5 Å². The van der Waals surface area contributed by atoms with Crippen molar-refractivity contribution < 1.29 is 23.9 Å². The summed E-state index contributed by atoms with van der Waals surface area (Å²) in [4.78, 5) is 49.2. The number of carbonyl (C=O) groups excluding carboxylic acids is 4. The van der Waals surface area contributed by atoms with Gasteiger partial charge in [0.05, 0.1) is 0 Å². The number of anilines is 1. The summed E-state index contributed by atoms with van der Waals surface area (Å²) in [7, 11) is 0. The number of hydrogen-bond donors (Lipinski definition) is 2. The molecule has 1 atom stereocenters. The highest BCUT2D eigenvalue weighted by molar-refractivity contribution is 6.00. The third-order valence-electron chi connectivity index (χ3n) is 4.91. The predicted molar refractivity (Wildman–Crippen MR) is 123 cm³/mol. The number of aryl methyl sites for hydroxylation is 1. The second-order valence-corrected chi connectivity index (χ2v) is 7.92. The van der Waals surface area contributed by atoms with E-state index in [2.05, 4.69) is 10.6 Å². The molecule has 0 aliphatic rings. The summed E-state index contributed by atoms with van der Waals surface area (Å²) in [6, 6.07) is 12.6. The normalized spacial score (nSPS) is 11.5. The Hall–Kier alpha value is -3.48. The minimum Gasteiger partial charge on any atom is -0.456 e. The average Bonchev–Trinajstić information content (AvgIpc) is 2.76. The minimum atomic E-state index is -0.883. The first-order valence-corrected chi connectivity index (χ1v) is 10.7. The highest BCUT2D eigenvalue weighted by atomic mass is 16.5. The monoisotopic (exact) mass is 438 g/mol. The summed E-state index contributed by atoms with van der Waals surface area (Å²) in [6.45, 7) is 6.87. The van der Waals surface area contributed by atoms with E-state index >= 15 is 0 Å². The molecule has 32 heavy (non-hydrogen) atoms. The fourth-order valence-electron chi connectivity index (χ4n) is 3.04. The molecule has 7 nitrogen and oxygen atoms in total. The lowest BCUT2D eigenvalue weighted by Gasteiger charge is -2.21. The maximum atomic E-state index is 12.6. The van der Waals surface area contributed by atoms with Crippen LogP contribution in [0.5, 0.6) is 0 Å². The van der Waals surface area contributed by atoms with E-state index in [9.17, 15) is 19.2 Å². The summed E-state index contributed by atoms with van der Waals surface area (Å²) in [6.07, 6.45) is 1.17. The molecule has 0 spiro atoms. The highest BCUT2D eigenvalue weighted by Crippen LogP contribution is 2.13. The Morgan fingerprint density at radius 2 is 1.62 bits per heavy atom. The van der Waals surface area contributed by atoms with Crippen LogP contribution >= 0.6 is 0 Å². The van der Waals surface area contributed by atoms with Crippen molar-refractivity contribution in [2.45, 2.75) is 46.6 Å². The van der Waals surface area contributed by atoms with Crippen molar-refractivity contribution in [1.82, 2.24) is 5.32 Å². The van der Waals surface area contributed by atoms with Gasteiger partial charge >= 0.3 is 5.97 Å². The zero-order chi connectivity index (χ0) is 23.7. The molecule has 0 bridgehead atoms. The van der Waals surface area contributed by atoms with Crippen LogP contribution in [0.2, 0.25) is 0 Å². The number of carbonyl (C=O) groups is 4. The fourth-order valence-corrected chi connectivity index (χ4v) is 3.04. The number of nitrogens with one attached hydrogen (secondary N) is 2. The van der Waals surface area contributed by atoms with Gasteiger partial charge < -0.3 is 15.4 Å². The summed E-state index contributed by atoms with van der Waals surface area (Å²) < 4.78 is 5.20. The lowest BCUT2D eigenvalue weighted by Crippen LogP contribution is -2.45. The van der Waals surface area contributed by atoms with Crippen molar-refractivity contribution in [3.05, 3.63) is 65.2 Å². The molecule has 0 saturated carbocycles. The van der Waals surface area contributed by atoms with Gasteiger partial charge in [0, 0.05) is 23.2 Å². The van der Waals surface area contributed by atoms with Gasteiger partial charge in [-0.25, -0.2) is 4.79 Å². The highest BCUT2D eigenvalue weighted by Gasteiger charge is 2.27. The molecule has 0 radical (unpaired) electrons. The smallest absolute Gasteiger partial charge is 0.329 e. The van der Waals surface area contributed by atoms with Gasteiger partial charge in [0.15, 0.2) is 12.4 Å². The van der Waals surface area contributed by atoms with Crippen LogP contribution in [0.1, 0.15) is 59.9 Å². The molecular weight excluding hydrogens is 408 g/mol. The lowest BCUT2D eigenvalue weighted by molar-refractivity contribution is -0.146. The average molecular weight is 439 g/mol. The molecule has 0 unspecified atom stereocenters. The third kappa shape index (κ3) is 7.04. The minimum absolute atomic E-state index is 0.0898. The Kier molecular flexibility index (Phi) is 9.13. The maximum Gasteiger partial charge on any atom is 0.329 e. The molecule has 0 fully saturated rings. The lowest BCUT2D eigenvalue weighted by atomic mass is 10.0. The SMILES string of the molecule is CCCC(=O)Nc1ccc(C(=O)COC(=O)[C@@H](NC(=O)c2ccccc2C)C(C)C)cc1. The van der Waals surface area contributed by atoms with Crippen LogP contribution < -0.4 is 10.6 Å². The van der Waals surface area contributed by atoms with Gasteiger partial charge in [-0.2, -0.15) is 0 Å². The summed E-state index contributed by atoms with van der Waals surface area (Å²) >= 11 is 0. The van der Waals surface area contributed by atoms with Gasteiger partial charge in [-0.3, -0.25) is 14.4 Å². The van der Waals surface area contributed by atoms with Gasteiger partial charge in [-0.1, -0.05) is 39.0 Å². The molecular formula is C25H30N2O5. The molecule has 0 heterocycles. The van der Waals surface area contributed by atoms with Crippen LogP contribution in [0.3, 0.4) is 0 Å². The zero-order valence-corrected chi connectivity index (χ0v) is 18.9. The molecule has 170 valence electrons. The standard InChI is InChI=1S/C25H30N2O5/c1-5-8-22(29)26-19-13-11-18(12-14-19)21(28)15-32-25(31)23(16(2)3)27-24(30)20-10-7-6-9-17(20)4/h6-7,9-14,16,23H,5,8,15H2,1-4H3,(H,26,29)(H,27,30)/t23-/m0/s1. The number of ether oxygens (including phenoxy) is 1. The second kappa shape index (κ2) is 11.8. The van der Waals surface area contributed by atoms with Crippen molar-refractivity contribution in [2.75, 3.05) is 11.9 Å². The molecule has 0 aliphatic carbocycles. The molecule has 2 aromatic carbocycles. The maximum absolute atomic E-state index is 12.6. The third-order valence-corrected chi connectivity index (χ3v) is 4.91. The Bertz CT molecular complexity index is 967. The van der Waals surface area contributed by atoms with Crippen LogP contribution in [0.4, 0.5) is 5.69 Å². The number of benzene rings is 2. The Morgan fingerprint density at radius 3 is 2.22 bits per heavy atom. The molecule has 0 aromatic heterocycles. The van der Waals surface area contributed by atoms with Crippen LogP contribution in [-0.4, -0.2) is 36.2 Å². The van der Waals surface area contributed by atoms with Gasteiger partial charge in [0.25, 0.3) is 5.91 Å². The van der Waals surface area contributed by atoms with Crippen molar-refractivity contribution in [3.8, 4) is 0 Å². The van der Waals surface area contributed by atoms with E-state index in [1.807, 2.05) is 26.0 Å². The van der Waals surface area contributed by atoms with E-state index in [1.165, 1.54) is 0 Å².